The summed E-state index contributed by atoms with van der Waals surface area (Å²) in [6.07, 6.45) is 1.95. The zero-order chi connectivity index (χ0) is 19.2. The third-order valence-electron chi connectivity index (χ3n) is 3.98. The van der Waals surface area contributed by atoms with Gasteiger partial charge in [0.2, 0.25) is 0 Å². The van der Waals surface area contributed by atoms with Gasteiger partial charge in [0.25, 0.3) is 0 Å². The summed E-state index contributed by atoms with van der Waals surface area (Å²) in [7, 11) is 0. The first-order chi connectivity index (χ1) is 11.6. The van der Waals surface area contributed by atoms with E-state index < -0.39 is 29.3 Å². The van der Waals surface area contributed by atoms with E-state index in [1.807, 2.05) is 30.3 Å². The van der Waals surface area contributed by atoms with Crippen molar-refractivity contribution >= 4 is 17.5 Å². The van der Waals surface area contributed by atoms with E-state index in [1.54, 1.807) is 26.8 Å². The van der Waals surface area contributed by atoms with E-state index >= 15 is 0 Å². The lowest BCUT2D eigenvalue weighted by atomic mass is 9.72. The van der Waals surface area contributed by atoms with Gasteiger partial charge in [0.1, 0.15) is 17.2 Å². The van der Waals surface area contributed by atoms with Crippen molar-refractivity contribution in [3.8, 4) is 0 Å². The number of Topliss-reactive ketones (excluding diaryl/α,β-unsaturated/α-hetero) is 2. The highest BCUT2D eigenvalue weighted by Gasteiger charge is 2.41. The van der Waals surface area contributed by atoms with Crippen molar-refractivity contribution in [1.82, 2.24) is 0 Å². The van der Waals surface area contributed by atoms with Crippen LogP contribution in [0.5, 0.6) is 0 Å². The van der Waals surface area contributed by atoms with Crippen LogP contribution >= 0.6 is 0 Å². The Balaban J connectivity index is 3.44. The molecule has 0 heterocycles. The monoisotopic (exact) mass is 344 g/mol. The van der Waals surface area contributed by atoms with Gasteiger partial charge in [-0.2, -0.15) is 0 Å². The maximum absolute atomic E-state index is 12.8. The highest BCUT2D eigenvalue weighted by atomic mass is 16.6. The fourth-order valence-electron chi connectivity index (χ4n) is 3.07. The number of ether oxygens (including phenoxy) is 1. The summed E-state index contributed by atoms with van der Waals surface area (Å²) in [5.74, 6) is -3.05. The van der Waals surface area contributed by atoms with Gasteiger partial charge in [0.15, 0.2) is 0 Å². The van der Waals surface area contributed by atoms with Crippen molar-refractivity contribution in [2.24, 2.45) is 11.8 Å². The quantitative estimate of drug-likeness (QED) is 0.405. The molecule has 0 aromatic heterocycles. The summed E-state index contributed by atoms with van der Waals surface area (Å²) < 4.78 is 5.56. The van der Waals surface area contributed by atoms with Gasteiger partial charge >= 0.3 is 5.97 Å². The summed E-state index contributed by atoms with van der Waals surface area (Å²) in [5.41, 5.74) is 0.121. The van der Waals surface area contributed by atoms with Crippen molar-refractivity contribution in [2.45, 2.75) is 52.6 Å². The summed E-state index contributed by atoms with van der Waals surface area (Å²) in [4.78, 5) is 37.3. The smallest absolute Gasteiger partial charge is 0.310 e. The molecule has 0 unspecified atom stereocenters. The first kappa shape index (κ1) is 20.8. The molecule has 0 radical (unpaired) electrons. The largest absolute Gasteiger partial charge is 0.460 e. The fraction of sp³-hybridized carbons (Fsp3) is 0.476. The van der Waals surface area contributed by atoms with Crippen LogP contribution in [0.15, 0.2) is 43.0 Å². The highest BCUT2D eigenvalue weighted by Crippen LogP contribution is 2.37. The predicted octanol–water partition coefficient (Wildman–Crippen LogP) is 4.10. The van der Waals surface area contributed by atoms with Crippen molar-refractivity contribution in [1.29, 1.82) is 0 Å². The van der Waals surface area contributed by atoms with E-state index in [0.717, 1.165) is 5.56 Å². The normalized spacial score (nSPS) is 13.8. The summed E-state index contributed by atoms with van der Waals surface area (Å²) in [6.45, 7) is 11.9. The van der Waals surface area contributed by atoms with Crippen LogP contribution in [0.2, 0.25) is 0 Å². The summed E-state index contributed by atoms with van der Waals surface area (Å²) in [6, 6.07) is 9.19. The maximum atomic E-state index is 12.8. The Kier molecular flexibility index (Phi) is 7.28. The van der Waals surface area contributed by atoms with E-state index in [2.05, 4.69) is 6.58 Å². The minimum atomic E-state index is -0.889. The van der Waals surface area contributed by atoms with Crippen molar-refractivity contribution in [3.05, 3.63) is 48.6 Å². The number of hydrogen-bond acceptors (Lipinski definition) is 4. The number of ketones is 2. The number of carbonyl (C=O) groups is 3. The van der Waals surface area contributed by atoms with Crippen molar-refractivity contribution in [3.63, 3.8) is 0 Å². The molecule has 0 aliphatic carbocycles. The molecule has 0 aliphatic rings. The average Bonchev–Trinajstić information content (AvgIpc) is 2.48. The van der Waals surface area contributed by atoms with E-state index in [9.17, 15) is 14.4 Å². The first-order valence-electron chi connectivity index (χ1n) is 8.48. The van der Waals surface area contributed by atoms with Crippen LogP contribution in [0.25, 0.3) is 0 Å². The molecular weight excluding hydrogens is 316 g/mol. The van der Waals surface area contributed by atoms with Gasteiger partial charge in [-0.3, -0.25) is 14.4 Å². The molecule has 0 amide bonds. The number of rotatable bonds is 8. The number of esters is 1. The highest BCUT2D eigenvalue weighted by molar-refractivity contribution is 6.01. The fourth-order valence-corrected chi connectivity index (χ4v) is 3.07. The van der Waals surface area contributed by atoms with E-state index in [0.29, 0.717) is 6.42 Å². The molecule has 1 aromatic carbocycles. The van der Waals surface area contributed by atoms with Crippen LogP contribution in [0, 0.1) is 11.8 Å². The van der Waals surface area contributed by atoms with Crippen molar-refractivity contribution < 1.29 is 19.1 Å². The lowest BCUT2D eigenvalue weighted by Crippen LogP contribution is -2.38. The zero-order valence-corrected chi connectivity index (χ0v) is 15.7. The standard InChI is InChI=1S/C21H28O4/c1-7-11-17(20(24)25-21(4,5)6)19(16-12-9-8-10-13-16)18(14(2)22)15(3)23/h7-10,12-13,17-19H,1,11H2,2-6H3/t17-,19-/m1/s1. The molecule has 0 saturated heterocycles. The van der Waals surface area contributed by atoms with Crippen LogP contribution in [-0.2, 0) is 19.1 Å². The van der Waals surface area contributed by atoms with Crippen LogP contribution < -0.4 is 0 Å². The molecular formula is C21H28O4. The Morgan fingerprint density at radius 2 is 1.60 bits per heavy atom. The molecule has 0 saturated carbocycles. The lowest BCUT2D eigenvalue weighted by molar-refractivity contribution is -0.161. The van der Waals surface area contributed by atoms with Crippen LogP contribution in [-0.4, -0.2) is 23.1 Å². The van der Waals surface area contributed by atoms with E-state index in [-0.39, 0.29) is 11.6 Å². The van der Waals surface area contributed by atoms with Gasteiger partial charge < -0.3 is 4.74 Å². The molecule has 2 atom stereocenters. The van der Waals surface area contributed by atoms with E-state index in [4.69, 9.17) is 4.74 Å². The SMILES string of the molecule is C=CC[C@@H](C(=O)OC(C)(C)C)[C@@H](c1ccccc1)C(C(C)=O)C(C)=O. The molecule has 0 aliphatic heterocycles. The van der Waals surface area contributed by atoms with Gasteiger partial charge in [-0.1, -0.05) is 36.4 Å². The van der Waals surface area contributed by atoms with Crippen LogP contribution in [0.1, 0.15) is 52.5 Å². The number of carbonyl (C=O) groups excluding carboxylic acids is 3. The average molecular weight is 344 g/mol. The minimum absolute atomic E-state index is 0.251. The second kappa shape index (κ2) is 8.75. The Morgan fingerprint density at radius 1 is 1.08 bits per heavy atom. The molecule has 0 N–H and O–H groups in total. The van der Waals surface area contributed by atoms with Crippen LogP contribution in [0.3, 0.4) is 0 Å². The Labute approximate surface area is 150 Å². The third kappa shape index (κ3) is 5.96. The molecule has 4 heteroatoms. The molecule has 136 valence electrons. The summed E-state index contributed by atoms with van der Waals surface area (Å²) in [5, 5.41) is 0. The topological polar surface area (TPSA) is 60.4 Å². The van der Waals surface area contributed by atoms with Crippen LogP contribution in [0.4, 0.5) is 0 Å². The Bertz CT molecular complexity index is 611. The second-order valence-electron chi connectivity index (χ2n) is 7.30. The molecule has 1 rings (SSSR count). The number of benzene rings is 1. The molecule has 0 spiro atoms. The molecule has 1 aromatic rings. The first-order valence-corrected chi connectivity index (χ1v) is 8.48. The summed E-state index contributed by atoms with van der Waals surface area (Å²) >= 11 is 0. The number of allylic oxidation sites excluding steroid dienone is 1. The zero-order valence-electron chi connectivity index (χ0n) is 15.7. The predicted molar refractivity (Wildman–Crippen MR) is 98.2 cm³/mol. The molecule has 0 bridgehead atoms. The van der Waals surface area contributed by atoms with Gasteiger partial charge in [-0.05, 0) is 46.6 Å². The van der Waals surface area contributed by atoms with Gasteiger partial charge in [0.05, 0.1) is 11.8 Å². The minimum Gasteiger partial charge on any atom is -0.460 e. The third-order valence-corrected chi connectivity index (χ3v) is 3.98. The maximum Gasteiger partial charge on any atom is 0.310 e. The van der Waals surface area contributed by atoms with Gasteiger partial charge in [-0.15, -0.1) is 6.58 Å². The lowest BCUT2D eigenvalue weighted by Gasteiger charge is -2.32. The van der Waals surface area contributed by atoms with Gasteiger partial charge in [-0.25, -0.2) is 0 Å². The second-order valence-corrected chi connectivity index (χ2v) is 7.30. The van der Waals surface area contributed by atoms with Gasteiger partial charge in [0, 0.05) is 5.92 Å². The Morgan fingerprint density at radius 3 is 2.00 bits per heavy atom. The van der Waals surface area contributed by atoms with Crippen molar-refractivity contribution in [2.75, 3.05) is 0 Å². The molecule has 25 heavy (non-hydrogen) atoms. The van der Waals surface area contributed by atoms with E-state index in [1.165, 1.54) is 13.8 Å². The number of hydrogen-bond donors (Lipinski definition) is 0. The molecule has 0 fully saturated rings. The molecule has 4 nitrogen and oxygen atoms in total. The Hall–Kier alpha value is -2.23.